The van der Waals surface area contributed by atoms with Crippen molar-refractivity contribution < 1.29 is 9.90 Å². The number of nitrogens with zero attached hydrogens (tertiary/aromatic N) is 5. The van der Waals surface area contributed by atoms with Crippen LogP contribution >= 0.6 is 23.1 Å². The summed E-state index contributed by atoms with van der Waals surface area (Å²) in [6.07, 6.45) is 4.55. The van der Waals surface area contributed by atoms with Gasteiger partial charge in [0.15, 0.2) is 16.1 Å². The highest BCUT2D eigenvalue weighted by Gasteiger charge is 2.38. The van der Waals surface area contributed by atoms with Crippen LogP contribution in [0.5, 0.6) is 0 Å². The maximum Gasteiger partial charge on any atom is 0.202 e. The van der Waals surface area contributed by atoms with E-state index in [4.69, 9.17) is 10.4 Å². The molecule has 2 N–H and O–H groups in total. The normalized spacial score (nSPS) is 17.4. The molecule has 0 saturated heterocycles. The zero-order valence-corrected chi connectivity index (χ0v) is 28.3. The average Bonchev–Trinajstić information content (AvgIpc) is 3.59. The lowest BCUT2D eigenvalue weighted by Crippen LogP contribution is -2.35. The zero-order chi connectivity index (χ0) is 31.3. The van der Waals surface area contributed by atoms with E-state index in [2.05, 4.69) is 73.4 Å². The van der Waals surface area contributed by atoms with Crippen molar-refractivity contribution in [3.8, 4) is 0 Å². The van der Waals surface area contributed by atoms with Gasteiger partial charge in [-0.3, -0.25) is 10.2 Å². The van der Waals surface area contributed by atoms with E-state index in [1.165, 1.54) is 23.1 Å². The summed E-state index contributed by atoms with van der Waals surface area (Å²) >= 11 is 2.82. The number of aliphatic hydroxyl groups excluding tert-OH is 1. The molecule has 1 aliphatic heterocycles. The standard InChI is InChI=1S/C33H46N6O2S2/c1-8-14-18-39(19-15-9-2)22-16-17-23(21(7)20-22)24-27(40)25(28(24)41)29-26(35-32(42-29)37(10-3)11-4)30-31(34)36-33(43-30)38(12-5)13-6/h16-17,20,34,40H,8-15,18-19H2,1-7H3/b29-25-,30-26+,34-31?. The number of aryl methyl sites for hydroxylation is 1. The molecule has 232 valence electrons. The van der Waals surface area contributed by atoms with Crippen LogP contribution < -0.4 is 19.7 Å². The Morgan fingerprint density at radius 2 is 1.51 bits per heavy atom. The smallest absolute Gasteiger partial charge is 0.202 e. The molecule has 0 amide bonds. The number of allylic oxidation sites excluding steroid dienone is 2. The first kappa shape index (κ1) is 32.8. The molecule has 0 unspecified atom stereocenters. The number of aliphatic hydroxyl groups is 1. The molecule has 8 nitrogen and oxygen atoms in total. The Hall–Kier alpha value is -3.11. The first-order valence-electron chi connectivity index (χ1n) is 15.7. The fraction of sp³-hybridized carbons (Fsp3) is 0.515. The molecule has 0 radical (unpaired) electrons. The topological polar surface area (TPSA) is 96.1 Å². The lowest BCUT2D eigenvalue weighted by molar-refractivity contribution is -0.109. The summed E-state index contributed by atoms with van der Waals surface area (Å²) in [5, 5.41) is 22.2. The minimum absolute atomic E-state index is 0.00526. The number of hydrogen-bond acceptors (Lipinski definition) is 9. The number of anilines is 2. The first-order valence-corrected chi connectivity index (χ1v) is 17.3. The molecule has 43 heavy (non-hydrogen) atoms. The lowest BCUT2D eigenvalue weighted by Gasteiger charge is -2.27. The maximum absolute atomic E-state index is 13.9. The van der Waals surface area contributed by atoms with Gasteiger partial charge in [-0.2, -0.15) is 0 Å². The predicted octanol–water partition coefficient (Wildman–Crippen LogP) is 5.94. The molecule has 1 aromatic carbocycles. The van der Waals surface area contributed by atoms with Gasteiger partial charge in [-0.15, -0.1) is 0 Å². The maximum atomic E-state index is 13.9. The fourth-order valence-corrected chi connectivity index (χ4v) is 7.82. The van der Waals surface area contributed by atoms with Crippen molar-refractivity contribution in [1.82, 2.24) is 9.88 Å². The van der Waals surface area contributed by atoms with Crippen molar-refractivity contribution in [2.45, 2.75) is 74.1 Å². The van der Waals surface area contributed by atoms with Crippen molar-refractivity contribution in [2.75, 3.05) is 49.1 Å². The number of carbonyl (C=O) groups is 1. The molecule has 2 aromatic rings. The highest BCUT2D eigenvalue weighted by atomic mass is 32.2. The van der Waals surface area contributed by atoms with E-state index in [9.17, 15) is 9.90 Å². The van der Waals surface area contributed by atoms with E-state index < -0.39 is 0 Å². The van der Waals surface area contributed by atoms with Crippen molar-refractivity contribution >= 4 is 66.8 Å². The number of thiazole rings is 1. The van der Waals surface area contributed by atoms with Crippen LogP contribution in [0.15, 0.2) is 29.0 Å². The number of Topliss-reactive ketones (excluding diaryl/α,β-unsaturated/α-hetero) is 1. The second kappa shape index (κ2) is 14.6. The van der Waals surface area contributed by atoms with Crippen molar-refractivity contribution in [3.05, 3.63) is 45.0 Å². The molecule has 1 aromatic heterocycles. The van der Waals surface area contributed by atoms with Gasteiger partial charge >= 0.3 is 0 Å². The van der Waals surface area contributed by atoms with E-state index in [1.807, 2.05) is 13.0 Å². The van der Waals surface area contributed by atoms with Crippen molar-refractivity contribution in [1.29, 1.82) is 5.41 Å². The summed E-state index contributed by atoms with van der Waals surface area (Å²) in [7, 11) is 0. The molecule has 0 fully saturated rings. The molecule has 2 aliphatic rings. The summed E-state index contributed by atoms with van der Waals surface area (Å²) in [5.41, 5.74) is 3.53. The molecule has 0 spiro atoms. The highest BCUT2D eigenvalue weighted by molar-refractivity contribution is 8.23. The van der Waals surface area contributed by atoms with E-state index in [0.717, 1.165) is 92.1 Å². The number of carbonyl (C=O) groups excluding carboxylic acids is 1. The summed E-state index contributed by atoms with van der Waals surface area (Å²) < 4.78 is 0.607. The second-order valence-electron chi connectivity index (χ2n) is 10.8. The van der Waals surface area contributed by atoms with Crippen LogP contribution in [-0.2, 0) is 4.79 Å². The van der Waals surface area contributed by atoms with Crippen LogP contribution in [0.4, 0.5) is 10.8 Å². The summed E-state index contributed by atoms with van der Waals surface area (Å²) in [5.74, 6) is -0.0355. The van der Waals surface area contributed by atoms with E-state index in [1.54, 1.807) is 0 Å². The zero-order valence-electron chi connectivity index (χ0n) is 26.7. The largest absolute Gasteiger partial charge is 0.506 e. The highest BCUT2D eigenvalue weighted by Crippen LogP contribution is 2.39. The number of unbranched alkanes of at least 4 members (excludes halogenated alkanes) is 2. The number of nitrogens with one attached hydrogen (secondary N) is 1. The number of thioether (sulfide) groups is 1. The van der Waals surface area contributed by atoms with Crippen LogP contribution in [0.3, 0.4) is 0 Å². The molecular weight excluding hydrogens is 577 g/mol. The van der Waals surface area contributed by atoms with E-state index in [0.29, 0.717) is 20.4 Å². The van der Waals surface area contributed by atoms with Crippen LogP contribution in [0.1, 0.15) is 78.4 Å². The SMILES string of the molecule is CCCCN(CCCC)c1ccc(C2=C(O)/C(=c3/sc(N(CC)CC)n/c3=C3/SC(N(CC)CC)=NC3=N)C2=O)c(C)c1. The number of aliphatic imine (C=N–C) groups is 1. The number of rotatable bonds is 13. The van der Waals surface area contributed by atoms with Gasteiger partial charge in [0.25, 0.3) is 0 Å². The average molecular weight is 623 g/mol. The van der Waals surface area contributed by atoms with Crippen molar-refractivity contribution in [3.63, 3.8) is 0 Å². The van der Waals surface area contributed by atoms with Crippen LogP contribution in [0.25, 0.3) is 16.1 Å². The quantitative estimate of drug-likeness (QED) is 0.286. The molecular formula is C33H46N6O2S2. The molecule has 2 heterocycles. The van der Waals surface area contributed by atoms with Gasteiger partial charge in [-0.1, -0.05) is 44.1 Å². The summed E-state index contributed by atoms with van der Waals surface area (Å²) in [6.45, 7) is 19.8. The van der Waals surface area contributed by atoms with Crippen LogP contribution in [0.2, 0.25) is 0 Å². The predicted molar refractivity (Wildman–Crippen MR) is 185 cm³/mol. The molecule has 10 heteroatoms. The monoisotopic (exact) mass is 622 g/mol. The number of hydrogen-bond donors (Lipinski definition) is 2. The second-order valence-corrected chi connectivity index (χ2v) is 12.8. The minimum Gasteiger partial charge on any atom is -0.506 e. The van der Waals surface area contributed by atoms with Gasteiger partial charge < -0.3 is 19.8 Å². The third kappa shape index (κ3) is 6.55. The summed E-state index contributed by atoms with van der Waals surface area (Å²) in [4.78, 5) is 30.6. The van der Waals surface area contributed by atoms with Gasteiger partial charge in [-0.25, -0.2) is 9.98 Å². The molecule has 0 atom stereocenters. The van der Waals surface area contributed by atoms with Crippen LogP contribution in [0, 0.1) is 12.3 Å². The van der Waals surface area contributed by atoms with E-state index in [-0.39, 0.29) is 23.0 Å². The Kier molecular flexibility index (Phi) is 11.1. The number of aromatic nitrogens is 1. The number of benzene rings is 1. The van der Waals surface area contributed by atoms with Crippen molar-refractivity contribution in [2.24, 2.45) is 4.99 Å². The first-order chi connectivity index (χ1) is 20.7. The van der Waals surface area contributed by atoms with E-state index >= 15 is 0 Å². The minimum atomic E-state index is -0.182. The Balaban J connectivity index is 1.83. The number of amidine groups is 2. The number of ketones is 1. The molecule has 4 rings (SSSR count). The third-order valence-corrected chi connectivity index (χ3v) is 10.3. The fourth-order valence-electron chi connectivity index (χ4n) is 5.42. The molecule has 0 bridgehead atoms. The van der Waals surface area contributed by atoms with Gasteiger partial charge in [0.1, 0.15) is 11.1 Å². The Morgan fingerprint density at radius 3 is 2.05 bits per heavy atom. The third-order valence-electron chi connectivity index (χ3n) is 8.08. The Morgan fingerprint density at radius 1 is 0.884 bits per heavy atom. The molecule has 0 saturated carbocycles. The van der Waals surface area contributed by atoms with Gasteiger partial charge in [0, 0.05) is 45.0 Å². The Bertz CT molecular complexity index is 1540. The summed E-state index contributed by atoms with van der Waals surface area (Å²) in [6, 6.07) is 6.20. The Labute approximate surface area is 264 Å². The van der Waals surface area contributed by atoms with Gasteiger partial charge in [0.2, 0.25) is 5.78 Å². The van der Waals surface area contributed by atoms with Crippen LogP contribution in [-0.4, -0.2) is 71.0 Å². The lowest BCUT2D eigenvalue weighted by atomic mass is 9.82. The molecule has 1 aliphatic carbocycles. The van der Waals surface area contributed by atoms with Gasteiger partial charge in [0.05, 0.1) is 20.6 Å². The van der Waals surface area contributed by atoms with Gasteiger partial charge in [-0.05, 0) is 82.5 Å².